The van der Waals surface area contributed by atoms with Gasteiger partial charge in [0.05, 0.1) is 22.4 Å². The van der Waals surface area contributed by atoms with Crippen LogP contribution in [0.15, 0.2) is 103 Å². The number of benzene rings is 4. The second-order valence-corrected chi connectivity index (χ2v) is 7.62. The van der Waals surface area contributed by atoms with Crippen molar-refractivity contribution in [2.75, 3.05) is 5.32 Å². The minimum absolute atomic E-state index is 0.140. The quantitative estimate of drug-likeness (QED) is 0.363. The van der Waals surface area contributed by atoms with E-state index in [0.29, 0.717) is 5.56 Å². The molecule has 1 N–H and O–H groups in total. The van der Waals surface area contributed by atoms with Crippen molar-refractivity contribution in [2.24, 2.45) is 0 Å². The van der Waals surface area contributed by atoms with E-state index in [-0.39, 0.29) is 5.91 Å². The number of nitrogens with zero attached hydrogens (tertiary/aromatic N) is 2. The molecule has 0 saturated heterocycles. The Morgan fingerprint density at radius 3 is 1.78 bits per heavy atom. The van der Waals surface area contributed by atoms with Crippen molar-refractivity contribution in [3.63, 3.8) is 0 Å². The second kappa shape index (κ2) is 8.44. The largest absolute Gasteiger partial charge is 0.322 e. The molecule has 0 radical (unpaired) electrons. The lowest BCUT2D eigenvalue weighted by Crippen LogP contribution is -2.12. The van der Waals surface area contributed by atoms with Crippen molar-refractivity contribution < 1.29 is 4.79 Å². The van der Waals surface area contributed by atoms with Crippen LogP contribution in [0.5, 0.6) is 0 Å². The van der Waals surface area contributed by atoms with Gasteiger partial charge in [-0.1, -0.05) is 72.8 Å². The molecule has 1 amide bonds. The maximum atomic E-state index is 12.7. The normalized spacial score (nSPS) is 10.8. The summed E-state index contributed by atoms with van der Waals surface area (Å²) in [6.45, 7) is 1.97. The van der Waals surface area contributed by atoms with Gasteiger partial charge >= 0.3 is 0 Å². The van der Waals surface area contributed by atoms with Crippen LogP contribution in [0.25, 0.3) is 33.5 Å². The number of carbonyl (C=O) groups is 1. The summed E-state index contributed by atoms with van der Waals surface area (Å²) in [6.07, 6.45) is 0. The zero-order chi connectivity index (χ0) is 21.9. The summed E-state index contributed by atoms with van der Waals surface area (Å²) >= 11 is 0. The molecule has 4 heteroatoms. The molecule has 1 aromatic heterocycles. The average Bonchev–Trinajstić information content (AvgIpc) is 2.85. The summed E-state index contributed by atoms with van der Waals surface area (Å²) < 4.78 is 0. The van der Waals surface area contributed by atoms with Gasteiger partial charge in [-0.3, -0.25) is 4.79 Å². The van der Waals surface area contributed by atoms with E-state index in [1.54, 1.807) is 0 Å². The SMILES string of the molecule is Cc1ccccc1NC(=O)c1ccc(-c2nc3ccccc3nc2-c2ccccc2)cc1. The number of para-hydroxylation sites is 3. The van der Waals surface area contributed by atoms with Gasteiger partial charge in [0.25, 0.3) is 5.91 Å². The van der Waals surface area contributed by atoms with Gasteiger partial charge in [-0.05, 0) is 42.8 Å². The summed E-state index contributed by atoms with van der Waals surface area (Å²) in [6, 6.07) is 33.2. The Bertz CT molecular complexity index is 1410. The fraction of sp³-hybridized carbons (Fsp3) is 0.0357. The molecule has 0 aliphatic carbocycles. The molecule has 0 aliphatic rings. The maximum Gasteiger partial charge on any atom is 0.255 e. The van der Waals surface area contributed by atoms with Crippen LogP contribution in [-0.2, 0) is 0 Å². The summed E-state index contributed by atoms with van der Waals surface area (Å²) in [7, 11) is 0. The van der Waals surface area contributed by atoms with Gasteiger partial charge in [0.15, 0.2) is 0 Å². The highest BCUT2D eigenvalue weighted by Crippen LogP contribution is 2.31. The molecule has 0 unspecified atom stereocenters. The predicted octanol–water partition coefficient (Wildman–Crippen LogP) is 6.52. The molecule has 32 heavy (non-hydrogen) atoms. The van der Waals surface area contributed by atoms with Crippen LogP contribution in [0, 0.1) is 6.92 Å². The van der Waals surface area contributed by atoms with Gasteiger partial charge < -0.3 is 5.32 Å². The fourth-order valence-electron chi connectivity index (χ4n) is 3.69. The molecule has 5 rings (SSSR count). The first kappa shape index (κ1) is 19.6. The Morgan fingerprint density at radius 2 is 1.16 bits per heavy atom. The Hall–Kier alpha value is -4.31. The molecule has 0 aliphatic heterocycles. The number of carbonyl (C=O) groups excluding carboxylic acids is 1. The van der Waals surface area contributed by atoms with Crippen molar-refractivity contribution in [3.8, 4) is 22.5 Å². The number of nitrogens with one attached hydrogen (secondary N) is 1. The predicted molar refractivity (Wildman–Crippen MR) is 130 cm³/mol. The molecule has 0 atom stereocenters. The Kier molecular flexibility index (Phi) is 5.18. The molecule has 0 fully saturated rings. The standard InChI is InChI=1S/C28H21N3O/c1-19-9-5-6-12-23(19)31-28(32)22-17-15-21(16-18-22)27-26(20-10-3-2-4-11-20)29-24-13-7-8-14-25(24)30-27/h2-18H,1H3,(H,31,32). The van der Waals surface area contributed by atoms with E-state index in [1.807, 2.05) is 110 Å². The van der Waals surface area contributed by atoms with Crippen molar-refractivity contribution in [2.45, 2.75) is 6.92 Å². The van der Waals surface area contributed by atoms with Crippen LogP contribution < -0.4 is 5.32 Å². The number of rotatable bonds is 4. The van der Waals surface area contributed by atoms with E-state index in [4.69, 9.17) is 9.97 Å². The number of anilines is 1. The van der Waals surface area contributed by atoms with Crippen molar-refractivity contribution in [1.29, 1.82) is 0 Å². The lowest BCUT2D eigenvalue weighted by Gasteiger charge is -2.12. The lowest BCUT2D eigenvalue weighted by atomic mass is 10.0. The first-order valence-electron chi connectivity index (χ1n) is 10.5. The fourth-order valence-corrected chi connectivity index (χ4v) is 3.69. The Morgan fingerprint density at radius 1 is 0.625 bits per heavy atom. The van der Waals surface area contributed by atoms with E-state index in [1.165, 1.54) is 0 Å². The lowest BCUT2D eigenvalue weighted by molar-refractivity contribution is 0.102. The van der Waals surface area contributed by atoms with E-state index < -0.39 is 0 Å². The van der Waals surface area contributed by atoms with Crippen LogP contribution in [-0.4, -0.2) is 15.9 Å². The highest BCUT2D eigenvalue weighted by molar-refractivity contribution is 6.05. The number of aromatic nitrogens is 2. The van der Waals surface area contributed by atoms with Crippen LogP contribution in [0.1, 0.15) is 15.9 Å². The number of amides is 1. The monoisotopic (exact) mass is 415 g/mol. The molecular weight excluding hydrogens is 394 g/mol. The van der Waals surface area contributed by atoms with Crippen LogP contribution in [0.4, 0.5) is 5.69 Å². The van der Waals surface area contributed by atoms with Gasteiger partial charge in [-0.2, -0.15) is 0 Å². The molecule has 154 valence electrons. The van der Waals surface area contributed by atoms with Gasteiger partial charge in [-0.15, -0.1) is 0 Å². The molecule has 0 saturated carbocycles. The maximum absolute atomic E-state index is 12.7. The molecule has 1 heterocycles. The second-order valence-electron chi connectivity index (χ2n) is 7.62. The van der Waals surface area contributed by atoms with E-state index in [9.17, 15) is 4.79 Å². The average molecular weight is 415 g/mol. The number of fused-ring (bicyclic) bond motifs is 1. The zero-order valence-corrected chi connectivity index (χ0v) is 17.6. The minimum atomic E-state index is -0.140. The number of hydrogen-bond donors (Lipinski definition) is 1. The summed E-state index contributed by atoms with van der Waals surface area (Å²) in [5.41, 5.74) is 7.64. The summed E-state index contributed by atoms with van der Waals surface area (Å²) in [5, 5.41) is 2.98. The van der Waals surface area contributed by atoms with Crippen molar-refractivity contribution >= 4 is 22.6 Å². The highest BCUT2D eigenvalue weighted by Gasteiger charge is 2.14. The van der Waals surface area contributed by atoms with Crippen LogP contribution in [0.2, 0.25) is 0 Å². The van der Waals surface area contributed by atoms with Crippen LogP contribution >= 0.6 is 0 Å². The highest BCUT2D eigenvalue weighted by atomic mass is 16.1. The third kappa shape index (κ3) is 3.86. The number of aryl methyl sites for hydroxylation is 1. The van der Waals surface area contributed by atoms with E-state index in [0.717, 1.165) is 44.8 Å². The molecule has 4 aromatic carbocycles. The van der Waals surface area contributed by atoms with Gasteiger partial charge in [-0.25, -0.2) is 9.97 Å². The van der Waals surface area contributed by atoms with Crippen molar-refractivity contribution in [3.05, 3.63) is 114 Å². The first-order valence-corrected chi connectivity index (χ1v) is 10.5. The third-order valence-corrected chi connectivity index (χ3v) is 5.43. The first-order chi connectivity index (χ1) is 15.7. The van der Waals surface area contributed by atoms with Gasteiger partial charge in [0.1, 0.15) is 0 Å². The summed E-state index contributed by atoms with van der Waals surface area (Å²) in [5.74, 6) is -0.140. The summed E-state index contributed by atoms with van der Waals surface area (Å²) in [4.78, 5) is 22.6. The zero-order valence-electron chi connectivity index (χ0n) is 17.6. The Labute approximate surface area is 186 Å². The Balaban J connectivity index is 1.53. The molecule has 0 bridgehead atoms. The smallest absolute Gasteiger partial charge is 0.255 e. The third-order valence-electron chi connectivity index (χ3n) is 5.43. The van der Waals surface area contributed by atoms with Crippen molar-refractivity contribution in [1.82, 2.24) is 9.97 Å². The molecular formula is C28H21N3O. The molecule has 0 spiro atoms. The molecule has 4 nitrogen and oxygen atoms in total. The minimum Gasteiger partial charge on any atom is -0.322 e. The number of hydrogen-bond acceptors (Lipinski definition) is 3. The van der Waals surface area contributed by atoms with Crippen LogP contribution in [0.3, 0.4) is 0 Å². The van der Waals surface area contributed by atoms with E-state index >= 15 is 0 Å². The topological polar surface area (TPSA) is 54.9 Å². The van der Waals surface area contributed by atoms with Gasteiger partial charge in [0, 0.05) is 22.4 Å². The molecule has 5 aromatic rings. The van der Waals surface area contributed by atoms with Gasteiger partial charge in [0.2, 0.25) is 0 Å². The van der Waals surface area contributed by atoms with E-state index in [2.05, 4.69) is 5.32 Å².